The van der Waals surface area contributed by atoms with Crippen molar-refractivity contribution < 1.29 is 44.3 Å². The molecule has 0 heterocycles. The average molecular weight is 187 g/mol. The second-order valence-corrected chi connectivity index (χ2v) is 2.64. The summed E-state index contributed by atoms with van der Waals surface area (Å²) < 4.78 is 0. The van der Waals surface area contributed by atoms with Gasteiger partial charge in [0.2, 0.25) is 0 Å². The van der Waals surface area contributed by atoms with E-state index >= 15 is 0 Å². The number of halogens is 1. The smallest absolute Gasteiger partial charge is 0.548 e. The number of aliphatic carboxylic acids is 1. The van der Waals surface area contributed by atoms with E-state index in [-0.39, 0.29) is 36.0 Å². The number of carbonyl (C=O) groups is 2. The molecule has 0 fully saturated rings. The quantitative estimate of drug-likeness (QED) is 0.264. The predicted molar refractivity (Wildman–Crippen MR) is 34.6 cm³/mol. The van der Waals surface area contributed by atoms with Crippen LogP contribution < -0.4 is 34.7 Å². The number of ketones is 1. The van der Waals surface area contributed by atoms with Gasteiger partial charge in [0, 0.05) is 0 Å². The van der Waals surface area contributed by atoms with Crippen molar-refractivity contribution in [3.63, 3.8) is 0 Å². The van der Waals surface area contributed by atoms with Gasteiger partial charge >= 0.3 is 29.6 Å². The fraction of sp³-hybridized carbons (Fsp3) is 0.667. The van der Waals surface area contributed by atoms with E-state index in [9.17, 15) is 14.7 Å². The standard InChI is InChI=1S/C6H9ClO3.Na/c1-3-6(7,4(2)8)5(9)10;/h3H2,1-2H3,(H,9,10);/q;+1/p-1. The van der Waals surface area contributed by atoms with E-state index < -0.39 is 16.6 Å². The van der Waals surface area contributed by atoms with Gasteiger partial charge in [0.1, 0.15) is 4.87 Å². The summed E-state index contributed by atoms with van der Waals surface area (Å²) >= 11 is 5.38. The Labute approximate surface area is 92.4 Å². The van der Waals surface area contributed by atoms with E-state index in [1.54, 1.807) is 0 Å². The fourth-order valence-corrected chi connectivity index (χ4v) is 0.537. The van der Waals surface area contributed by atoms with Gasteiger partial charge in [-0.25, -0.2) is 0 Å². The third-order valence-electron chi connectivity index (χ3n) is 1.37. The minimum atomic E-state index is -1.82. The van der Waals surface area contributed by atoms with Gasteiger partial charge in [0.25, 0.3) is 0 Å². The van der Waals surface area contributed by atoms with E-state index in [1.807, 2.05) is 0 Å². The van der Waals surface area contributed by atoms with E-state index in [2.05, 4.69) is 0 Å². The molecule has 0 spiro atoms. The van der Waals surface area contributed by atoms with E-state index in [0.717, 1.165) is 6.92 Å². The van der Waals surface area contributed by atoms with Crippen LogP contribution in [0.4, 0.5) is 0 Å². The number of rotatable bonds is 3. The van der Waals surface area contributed by atoms with Crippen molar-refractivity contribution in [3.8, 4) is 0 Å². The molecule has 58 valence electrons. The second kappa shape index (κ2) is 5.14. The normalized spacial score (nSPS) is 14.5. The predicted octanol–water partition coefficient (Wildman–Crippen LogP) is -3.28. The van der Waals surface area contributed by atoms with Gasteiger partial charge in [-0.3, -0.25) is 4.79 Å². The average Bonchev–Trinajstić information content (AvgIpc) is 1.85. The molecule has 0 bridgehead atoms. The molecule has 0 amide bonds. The molecular weight excluding hydrogens is 179 g/mol. The molecule has 1 atom stereocenters. The van der Waals surface area contributed by atoms with Gasteiger partial charge in [-0.05, 0) is 13.3 Å². The van der Waals surface area contributed by atoms with E-state index in [0.29, 0.717) is 0 Å². The monoisotopic (exact) mass is 186 g/mol. The molecule has 0 N–H and O–H groups in total. The Morgan fingerprint density at radius 2 is 1.91 bits per heavy atom. The number of carboxylic acids is 1. The molecule has 11 heavy (non-hydrogen) atoms. The van der Waals surface area contributed by atoms with Crippen LogP contribution in [0.1, 0.15) is 20.3 Å². The second-order valence-electron chi connectivity index (χ2n) is 2.00. The summed E-state index contributed by atoms with van der Waals surface area (Å²) in [5.41, 5.74) is 0. The minimum Gasteiger partial charge on any atom is -0.548 e. The first-order chi connectivity index (χ1) is 4.45. The van der Waals surface area contributed by atoms with Crippen LogP contribution >= 0.6 is 11.6 Å². The van der Waals surface area contributed by atoms with Crippen LogP contribution in [0.2, 0.25) is 0 Å². The van der Waals surface area contributed by atoms with Crippen molar-refractivity contribution in [2.45, 2.75) is 25.1 Å². The van der Waals surface area contributed by atoms with Crippen molar-refractivity contribution in [1.29, 1.82) is 0 Å². The number of alkyl halides is 1. The van der Waals surface area contributed by atoms with Crippen molar-refractivity contribution >= 4 is 23.4 Å². The molecule has 0 aromatic rings. The van der Waals surface area contributed by atoms with Crippen molar-refractivity contribution in [2.24, 2.45) is 0 Å². The first-order valence-corrected chi connectivity index (χ1v) is 3.24. The van der Waals surface area contributed by atoms with Gasteiger partial charge < -0.3 is 9.90 Å². The van der Waals surface area contributed by atoms with Crippen LogP contribution in [0.15, 0.2) is 0 Å². The zero-order valence-corrected chi connectivity index (χ0v) is 9.57. The molecule has 0 saturated carbocycles. The maximum absolute atomic E-state index is 10.6. The molecular formula is C6H8ClNaO3. The zero-order valence-electron chi connectivity index (χ0n) is 6.81. The Bertz CT molecular complexity index is 155. The first kappa shape index (κ1) is 14.0. The summed E-state index contributed by atoms with van der Waals surface area (Å²) in [5, 5.41) is 10.2. The van der Waals surface area contributed by atoms with Crippen molar-refractivity contribution in [2.75, 3.05) is 0 Å². The number of Topliss-reactive ketones (excluding diaryl/α,β-unsaturated/α-hetero) is 1. The zero-order chi connectivity index (χ0) is 8.36. The van der Waals surface area contributed by atoms with Crippen LogP contribution in [0.3, 0.4) is 0 Å². The summed E-state index contributed by atoms with van der Waals surface area (Å²) in [6.45, 7) is 2.65. The Morgan fingerprint density at radius 3 is 1.91 bits per heavy atom. The third kappa shape index (κ3) is 3.11. The van der Waals surface area contributed by atoms with Crippen LogP contribution in [0, 0.1) is 0 Å². The third-order valence-corrected chi connectivity index (χ3v) is 2.06. The summed E-state index contributed by atoms with van der Waals surface area (Å²) in [6, 6.07) is 0. The molecule has 0 rings (SSSR count). The van der Waals surface area contributed by atoms with E-state index in [4.69, 9.17) is 11.6 Å². The Kier molecular flexibility index (Phi) is 6.54. The van der Waals surface area contributed by atoms with Crippen LogP contribution in [0.5, 0.6) is 0 Å². The molecule has 0 aliphatic heterocycles. The number of hydrogen-bond donors (Lipinski definition) is 0. The molecule has 0 aromatic carbocycles. The summed E-state index contributed by atoms with van der Waals surface area (Å²) in [5.74, 6) is -2.11. The van der Waals surface area contributed by atoms with Gasteiger partial charge in [-0.1, -0.05) is 6.92 Å². The number of hydrogen-bond acceptors (Lipinski definition) is 3. The molecule has 0 radical (unpaired) electrons. The largest absolute Gasteiger partial charge is 1.00 e. The SMILES string of the molecule is CCC(Cl)(C(C)=O)C(=O)[O-].[Na+]. The summed E-state index contributed by atoms with van der Waals surface area (Å²) in [7, 11) is 0. The molecule has 3 nitrogen and oxygen atoms in total. The molecule has 0 aliphatic rings. The molecule has 0 aromatic heterocycles. The van der Waals surface area contributed by atoms with Crippen molar-refractivity contribution in [1.82, 2.24) is 0 Å². The summed E-state index contributed by atoms with van der Waals surface area (Å²) in [4.78, 5) is 19.0. The van der Waals surface area contributed by atoms with E-state index in [1.165, 1.54) is 6.92 Å². The molecule has 1 unspecified atom stereocenters. The first-order valence-electron chi connectivity index (χ1n) is 2.86. The fourth-order valence-electron chi connectivity index (χ4n) is 0.537. The van der Waals surface area contributed by atoms with Gasteiger partial charge in [0.05, 0.1) is 5.97 Å². The molecule has 0 aliphatic carbocycles. The van der Waals surface area contributed by atoms with Gasteiger partial charge in [-0.2, -0.15) is 0 Å². The van der Waals surface area contributed by atoms with Gasteiger partial charge in [-0.15, -0.1) is 11.6 Å². The topological polar surface area (TPSA) is 57.2 Å². The number of carbonyl (C=O) groups excluding carboxylic acids is 2. The van der Waals surface area contributed by atoms with Crippen molar-refractivity contribution in [3.05, 3.63) is 0 Å². The molecule has 5 heteroatoms. The Morgan fingerprint density at radius 1 is 1.55 bits per heavy atom. The summed E-state index contributed by atoms with van der Waals surface area (Å²) in [6.07, 6.45) is 0.0478. The Balaban J connectivity index is 0. The van der Waals surface area contributed by atoms with Gasteiger partial charge in [0.15, 0.2) is 5.78 Å². The van der Waals surface area contributed by atoms with Crippen LogP contribution in [-0.4, -0.2) is 16.6 Å². The minimum absolute atomic E-state index is 0. The Hall–Kier alpha value is 0.430. The maximum Gasteiger partial charge on any atom is 1.00 e. The number of carboxylic acid groups (broad SMARTS) is 1. The maximum atomic E-state index is 10.6. The van der Waals surface area contributed by atoms with Crippen LogP contribution in [0.25, 0.3) is 0 Å². The molecule has 0 saturated heterocycles. The van der Waals surface area contributed by atoms with Crippen LogP contribution in [-0.2, 0) is 9.59 Å².